The summed E-state index contributed by atoms with van der Waals surface area (Å²) in [5, 5.41) is 3.50. The van der Waals surface area contributed by atoms with Gasteiger partial charge in [-0.05, 0) is 44.7 Å². The second-order valence-corrected chi connectivity index (χ2v) is 6.47. The van der Waals surface area contributed by atoms with Crippen molar-refractivity contribution in [2.75, 3.05) is 45.8 Å². The van der Waals surface area contributed by atoms with E-state index in [0.29, 0.717) is 0 Å². The Bertz CT molecular complexity index is 311. The van der Waals surface area contributed by atoms with Crippen LogP contribution in [0.25, 0.3) is 0 Å². The summed E-state index contributed by atoms with van der Waals surface area (Å²) in [5.41, 5.74) is 0. The molecule has 4 heteroatoms. The lowest BCUT2D eigenvalue weighted by Crippen LogP contribution is -2.41. The van der Waals surface area contributed by atoms with E-state index in [9.17, 15) is 0 Å². The van der Waals surface area contributed by atoms with E-state index in [1.165, 1.54) is 38.8 Å². The molecule has 2 rings (SSSR count). The molecule has 1 aliphatic carbocycles. The van der Waals surface area contributed by atoms with Gasteiger partial charge in [0.1, 0.15) is 0 Å². The predicted octanol–water partition coefficient (Wildman–Crippen LogP) is 2.42. The maximum atomic E-state index is 4.88. The first kappa shape index (κ1) is 16.6. The fraction of sp³-hybridized carbons (Fsp3) is 0.941. The fourth-order valence-electron chi connectivity index (χ4n) is 3.84. The Morgan fingerprint density at radius 2 is 1.71 bits per heavy atom. The Balaban J connectivity index is 1.88. The van der Waals surface area contributed by atoms with Crippen molar-refractivity contribution >= 4 is 5.96 Å². The Labute approximate surface area is 131 Å². The number of rotatable bonds is 6. The predicted molar refractivity (Wildman–Crippen MR) is 90.8 cm³/mol. The molecule has 0 aromatic heterocycles. The first-order valence-corrected chi connectivity index (χ1v) is 9.04. The van der Waals surface area contributed by atoms with E-state index in [1.54, 1.807) is 0 Å². The molecule has 1 N–H and O–H groups in total. The normalized spacial score (nSPS) is 26.3. The zero-order valence-electron chi connectivity index (χ0n) is 14.3. The molecule has 0 spiro atoms. The summed E-state index contributed by atoms with van der Waals surface area (Å²) in [6, 6.07) is 0. The van der Waals surface area contributed by atoms with Gasteiger partial charge >= 0.3 is 0 Å². The molecule has 1 heterocycles. The third kappa shape index (κ3) is 4.60. The second kappa shape index (κ2) is 8.62. The van der Waals surface area contributed by atoms with E-state index < -0.39 is 0 Å². The maximum absolute atomic E-state index is 4.88. The lowest BCUT2D eigenvalue weighted by molar-refractivity contribution is 0.299. The lowest BCUT2D eigenvalue weighted by atomic mass is 9.82. The molecule has 4 nitrogen and oxygen atoms in total. The Kier molecular flexibility index (Phi) is 6.81. The van der Waals surface area contributed by atoms with Crippen LogP contribution in [-0.2, 0) is 0 Å². The molecule has 122 valence electrons. The number of likely N-dealkylation sites (N-methyl/N-ethyl adjacent to an activating group) is 1. The number of hydrogen-bond acceptors (Lipinski definition) is 2. The molecular formula is C17H34N4. The molecule has 0 amide bonds. The van der Waals surface area contributed by atoms with Crippen LogP contribution in [0.2, 0.25) is 0 Å². The van der Waals surface area contributed by atoms with E-state index >= 15 is 0 Å². The van der Waals surface area contributed by atoms with Crippen molar-refractivity contribution in [2.45, 2.75) is 46.5 Å². The summed E-state index contributed by atoms with van der Waals surface area (Å²) >= 11 is 0. The molecule has 2 atom stereocenters. The van der Waals surface area contributed by atoms with Gasteiger partial charge in [0.25, 0.3) is 0 Å². The maximum Gasteiger partial charge on any atom is 0.193 e. The van der Waals surface area contributed by atoms with Crippen LogP contribution in [0.5, 0.6) is 0 Å². The summed E-state index contributed by atoms with van der Waals surface area (Å²) in [7, 11) is 0. The molecule has 1 saturated carbocycles. The van der Waals surface area contributed by atoms with E-state index in [1.807, 2.05) is 0 Å². The third-order valence-corrected chi connectivity index (χ3v) is 5.18. The SMILES string of the molecule is CCNC(=NCCN(CC)CC)N1CC2CCCCC2C1. The minimum atomic E-state index is 0.913. The van der Waals surface area contributed by atoms with Crippen molar-refractivity contribution in [1.82, 2.24) is 15.1 Å². The van der Waals surface area contributed by atoms with Crippen molar-refractivity contribution in [2.24, 2.45) is 16.8 Å². The Morgan fingerprint density at radius 3 is 2.24 bits per heavy atom. The molecule has 21 heavy (non-hydrogen) atoms. The van der Waals surface area contributed by atoms with Crippen molar-refractivity contribution in [3.63, 3.8) is 0 Å². The second-order valence-electron chi connectivity index (χ2n) is 6.47. The summed E-state index contributed by atoms with van der Waals surface area (Å²) in [5.74, 6) is 3.00. The van der Waals surface area contributed by atoms with Crippen LogP contribution in [0.15, 0.2) is 4.99 Å². The van der Waals surface area contributed by atoms with Gasteiger partial charge in [-0.3, -0.25) is 4.99 Å². The minimum absolute atomic E-state index is 0.913. The number of nitrogens with zero attached hydrogens (tertiary/aromatic N) is 3. The van der Waals surface area contributed by atoms with Crippen LogP contribution < -0.4 is 5.32 Å². The molecule has 2 aliphatic rings. The zero-order chi connectivity index (χ0) is 15.1. The summed E-state index contributed by atoms with van der Waals surface area (Å²) in [6.45, 7) is 14.3. The highest BCUT2D eigenvalue weighted by atomic mass is 15.3. The van der Waals surface area contributed by atoms with Gasteiger partial charge in [-0.2, -0.15) is 0 Å². The van der Waals surface area contributed by atoms with Crippen LogP contribution in [0.1, 0.15) is 46.5 Å². The Morgan fingerprint density at radius 1 is 1.10 bits per heavy atom. The molecule has 0 aromatic rings. The molecule has 0 bridgehead atoms. The summed E-state index contributed by atoms with van der Waals surface area (Å²) in [4.78, 5) is 9.84. The van der Waals surface area contributed by atoms with Crippen molar-refractivity contribution in [3.05, 3.63) is 0 Å². The first-order chi connectivity index (χ1) is 10.3. The zero-order valence-corrected chi connectivity index (χ0v) is 14.3. The van der Waals surface area contributed by atoms with Gasteiger partial charge in [-0.15, -0.1) is 0 Å². The highest BCUT2D eigenvalue weighted by Crippen LogP contribution is 2.35. The van der Waals surface area contributed by atoms with Gasteiger partial charge in [-0.25, -0.2) is 0 Å². The van der Waals surface area contributed by atoms with Crippen LogP contribution >= 0.6 is 0 Å². The number of aliphatic imine (C=N–C) groups is 1. The molecule has 2 unspecified atom stereocenters. The topological polar surface area (TPSA) is 30.9 Å². The van der Waals surface area contributed by atoms with E-state index in [2.05, 4.69) is 35.9 Å². The van der Waals surface area contributed by atoms with Crippen LogP contribution in [0, 0.1) is 11.8 Å². The fourth-order valence-corrected chi connectivity index (χ4v) is 3.84. The summed E-state index contributed by atoms with van der Waals surface area (Å²) < 4.78 is 0. The monoisotopic (exact) mass is 294 g/mol. The first-order valence-electron chi connectivity index (χ1n) is 9.04. The molecule has 0 aromatic carbocycles. The molecular weight excluding hydrogens is 260 g/mol. The largest absolute Gasteiger partial charge is 0.357 e. The van der Waals surface area contributed by atoms with E-state index in [-0.39, 0.29) is 0 Å². The number of nitrogens with one attached hydrogen (secondary N) is 1. The lowest BCUT2D eigenvalue weighted by Gasteiger charge is -2.22. The Hall–Kier alpha value is -0.770. The van der Waals surface area contributed by atoms with Crippen molar-refractivity contribution in [1.29, 1.82) is 0 Å². The van der Waals surface area contributed by atoms with Crippen LogP contribution in [-0.4, -0.2) is 61.6 Å². The van der Waals surface area contributed by atoms with Crippen LogP contribution in [0.3, 0.4) is 0 Å². The van der Waals surface area contributed by atoms with Gasteiger partial charge < -0.3 is 15.1 Å². The average Bonchev–Trinajstić information content (AvgIpc) is 2.94. The van der Waals surface area contributed by atoms with Gasteiger partial charge in [0, 0.05) is 26.2 Å². The number of fused-ring (bicyclic) bond motifs is 1. The highest BCUT2D eigenvalue weighted by molar-refractivity contribution is 5.80. The molecule has 1 saturated heterocycles. The number of guanidine groups is 1. The van der Waals surface area contributed by atoms with Gasteiger partial charge in [0.15, 0.2) is 5.96 Å². The van der Waals surface area contributed by atoms with Gasteiger partial charge in [0.2, 0.25) is 0 Å². The van der Waals surface area contributed by atoms with Crippen LogP contribution in [0.4, 0.5) is 0 Å². The van der Waals surface area contributed by atoms with Gasteiger partial charge in [-0.1, -0.05) is 26.7 Å². The smallest absolute Gasteiger partial charge is 0.193 e. The minimum Gasteiger partial charge on any atom is -0.357 e. The van der Waals surface area contributed by atoms with E-state index in [0.717, 1.165) is 50.5 Å². The van der Waals surface area contributed by atoms with Crippen molar-refractivity contribution < 1.29 is 0 Å². The summed E-state index contributed by atoms with van der Waals surface area (Å²) in [6.07, 6.45) is 5.73. The molecule has 1 aliphatic heterocycles. The number of hydrogen-bond donors (Lipinski definition) is 1. The average molecular weight is 294 g/mol. The molecule has 2 fully saturated rings. The number of likely N-dealkylation sites (tertiary alicyclic amines) is 1. The van der Waals surface area contributed by atoms with Crippen molar-refractivity contribution in [3.8, 4) is 0 Å². The highest BCUT2D eigenvalue weighted by Gasteiger charge is 2.35. The van der Waals surface area contributed by atoms with Gasteiger partial charge in [0.05, 0.1) is 6.54 Å². The molecule has 0 radical (unpaired) electrons. The van der Waals surface area contributed by atoms with E-state index in [4.69, 9.17) is 4.99 Å². The third-order valence-electron chi connectivity index (χ3n) is 5.18. The quantitative estimate of drug-likeness (QED) is 0.603. The standard InChI is InChI=1S/C17H34N4/c1-4-18-17(19-11-12-20(5-2)6-3)21-13-15-9-7-8-10-16(15)14-21/h15-16H,4-14H2,1-3H3,(H,18,19).